The fraction of sp³-hybridized carbons (Fsp3) is 0.500. The molecular formula is C14H18ClNO2. The summed E-state index contributed by atoms with van der Waals surface area (Å²) in [6.07, 6.45) is 1.71. The van der Waals surface area contributed by atoms with Crippen molar-refractivity contribution in [3.8, 4) is 0 Å². The number of carboxylic acid groups (broad SMARTS) is 1. The number of benzene rings is 1. The van der Waals surface area contributed by atoms with Crippen molar-refractivity contribution in [1.29, 1.82) is 0 Å². The van der Waals surface area contributed by atoms with E-state index in [0.29, 0.717) is 6.54 Å². The van der Waals surface area contributed by atoms with Gasteiger partial charge in [-0.3, -0.25) is 9.69 Å². The Hall–Kier alpha value is -1.06. The molecule has 1 N–H and O–H groups in total. The van der Waals surface area contributed by atoms with Gasteiger partial charge in [0.2, 0.25) is 0 Å². The largest absolute Gasteiger partial charge is 0.480 e. The van der Waals surface area contributed by atoms with E-state index >= 15 is 0 Å². The standard InChI is InChI=1S/C14H18ClNO2/c1-9-6-11(15)7-10(2)12(9)8-16-5-3-4-13(16)14(17)18/h6-7,13H,3-5,8H2,1-2H3,(H,17,18)/t13-/m0/s1. The summed E-state index contributed by atoms with van der Waals surface area (Å²) in [5, 5.41) is 9.92. The van der Waals surface area contributed by atoms with Crippen LogP contribution in [0, 0.1) is 13.8 Å². The molecule has 1 aromatic carbocycles. The molecule has 0 spiro atoms. The molecule has 0 amide bonds. The highest BCUT2D eigenvalue weighted by atomic mass is 35.5. The molecule has 0 saturated carbocycles. The van der Waals surface area contributed by atoms with Crippen LogP contribution < -0.4 is 0 Å². The van der Waals surface area contributed by atoms with Gasteiger partial charge in [-0.1, -0.05) is 11.6 Å². The summed E-state index contributed by atoms with van der Waals surface area (Å²) in [5.41, 5.74) is 3.47. The highest BCUT2D eigenvalue weighted by Crippen LogP contribution is 2.25. The van der Waals surface area contributed by atoms with Gasteiger partial charge in [0.15, 0.2) is 0 Å². The molecule has 1 heterocycles. The van der Waals surface area contributed by atoms with E-state index in [1.165, 1.54) is 5.56 Å². The smallest absolute Gasteiger partial charge is 0.320 e. The van der Waals surface area contributed by atoms with E-state index in [2.05, 4.69) is 0 Å². The zero-order valence-electron chi connectivity index (χ0n) is 10.7. The summed E-state index contributed by atoms with van der Waals surface area (Å²) in [4.78, 5) is 13.2. The summed E-state index contributed by atoms with van der Waals surface area (Å²) in [6, 6.07) is 3.55. The van der Waals surface area contributed by atoms with Crippen molar-refractivity contribution in [3.05, 3.63) is 33.8 Å². The number of aryl methyl sites for hydroxylation is 2. The third-order valence-electron chi connectivity index (χ3n) is 3.67. The summed E-state index contributed by atoms with van der Waals surface area (Å²) in [7, 11) is 0. The Balaban J connectivity index is 2.21. The lowest BCUT2D eigenvalue weighted by molar-refractivity contribution is -0.142. The van der Waals surface area contributed by atoms with Crippen LogP contribution in [0.4, 0.5) is 0 Å². The summed E-state index contributed by atoms with van der Waals surface area (Å²) in [6.45, 7) is 5.62. The first-order valence-corrected chi connectivity index (χ1v) is 6.59. The minimum Gasteiger partial charge on any atom is -0.480 e. The van der Waals surface area contributed by atoms with Crippen molar-refractivity contribution in [2.75, 3.05) is 6.54 Å². The highest BCUT2D eigenvalue weighted by molar-refractivity contribution is 6.30. The summed E-state index contributed by atoms with van der Waals surface area (Å²) in [5.74, 6) is -0.711. The lowest BCUT2D eigenvalue weighted by Gasteiger charge is -2.23. The topological polar surface area (TPSA) is 40.5 Å². The lowest BCUT2D eigenvalue weighted by Crippen LogP contribution is -2.35. The van der Waals surface area contributed by atoms with E-state index in [1.807, 2.05) is 30.9 Å². The van der Waals surface area contributed by atoms with Crippen LogP contribution >= 0.6 is 11.6 Å². The number of hydrogen-bond donors (Lipinski definition) is 1. The maximum absolute atomic E-state index is 11.2. The van der Waals surface area contributed by atoms with Crippen molar-refractivity contribution in [2.45, 2.75) is 39.3 Å². The number of rotatable bonds is 3. The molecule has 1 aromatic rings. The van der Waals surface area contributed by atoms with Crippen molar-refractivity contribution in [1.82, 2.24) is 4.90 Å². The molecule has 1 aliphatic rings. The van der Waals surface area contributed by atoms with E-state index in [1.54, 1.807) is 0 Å². The second-order valence-electron chi connectivity index (χ2n) is 4.98. The quantitative estimate of drug-likeness (QED) is 0.915. The number of carboxylic acids is 1. The molecule has 3 nitrogen and oxygen atoms in total. The normalized spacial score (nSPS) is 20.3. The van der Waals surface area contributed by atoms with Gasteiger partial charge in [0, 0.05) is 11.6 Å². The maximum atomic E-state index is 11.2. The van der Waals surface area contributed by atoms with Crippen LogP contribution in [0.3, 0.4) is 0 Å². The predicted octanol–water partition coefficient (Wildman–Crippen LogP) is 3.01. The molecule has 2 rings (SSSR count). The molecule has 1 saturated heterocycles. The average molecular weight is 268 g/mol. The van der Waals surface area contributed by atoms with Gasteiger partial charge in [-0.25, -0.2) is 0 Å². The first-order valence-electron chi connectivity index (χ1n) is 6.21. The van der Waals surface area contributed by atoms with Gasteiger partial charge in [0.1, 0.15) is 6.04 Å². The Bertz CT molecular complexity index is 450. The zero-order chi connectivity index (χ0) is 13.3. The second kappa shape index (κ2) is 5.29. The molecule has 1 aliphatic heterocycles. The van der Waals surface area contributed by atoms with Gasteiger partial charge in [-0.05, 0) is 62.1 Å². The molecule has 0 unspecified atom stereocenters. The molecule has 4 heteroatoms. The van der Waals surface area contributed by atoms with E-state index in [-0.39, 0.29) is 6.04 Å². The predicted molar refractivity (Wildman–Crippen MR) is 72.0 cm³/mol. The Morgan fingerprint density at radius 2 is 2.06 bits per heavy atom. The minimum atomic E-state index is -0.711. The van der Waals surface area contributed by atoms with Crippen LogP contribution in [-0.4, -0.2) is 28.6 Å². The van der Waals surface area contributed by atoms with Crippen LogP contribution in [0.5, 0.6) is 0 Å². The SMILES string of the molecule is Cc1cc(Cl)cc(C)c1CN1CCC[C@H]1C(=O)O. The van der Waals surface area contributed by atoms with Gasteiger partial charge in [0.05, 0.1) is 0 Å². The molecule has 0 bridgehead atoms. The maximum Gasteiger partial charge on any atom is 0.320 e. The molecule has 18 heavy (non-hydrogen) atoms. The van der Waals surface area contributed by atoms with Gasteiger partial charge in [-0.2, -0.15) is 0 Å². The molecule has 0 radical (unpaired) electrons. The van der Waals surface area contributed by atoms with E-state index < -0.39 is 5.97 Å². The second-order valence-corrected chi connectivity index (χ2v) is 5.42. The van der Waals surface area contributed by atoms with Gasteiger partial charge >= 0.3 is 5.97 Å². The average Bonchev–Trinajstić information content (AvgIpc) is 2.71. The van der Waals surface area contributed by atoms with Gasteiger partial charge in [-0.15, -0.1) is 0 Å². The van der Waals surface area contributed by atoms with Crippen molar-refractivity contribution >= 4 is 17.6 Å². The summed E-state index contributed by atoms with van der Waals surface area (Å²) < 4.78 is 0. The molecule has 1 atom stereocenters. The van der Waals surface area contributed by atoms with E-state index in [9.17, 15) is 9.90 Å². The highest BCUT2D eigenvalue weighted by Gasteiger charge is 2.30. The Morgan fingerprint density at radius 1 is 1.44 bits per heavy atom. The fourth-order valence-electron chi connectivity index (χ4n) is 2.69. The van der Waals surface area contributed by atoms with E-state index in [0.717, 1.165) is 35.5 Å². The molecular weight excluding hydrogens is 250 g/mol. The number of likely N-dealkylation sites (tertiary alicyclic amines) is 1. The monoisotopic (exact) mass is 267 g/mol. The van der Waals surface area contributed by atoms with Crippen LogP contribution in [0.2, 0.25) is 5.02 Å². The lowest BCUT2D eigenvalue weighted by atomic mass is 10.0. The molecule has 0 aliphatic carbocycles. The minimum absolute atomic E-state index is 0.334. The number of aliphatic carboxylic acids is 1. The zero-order valence-corrected chi connectivity index (χ0v) is 11.5. The van der Waals surface area contributed by atoms with Gasteiger partial charge in [0.25, 0.3) is 0 Å². The Labute approximate surface area is 112 Å². The van der Waals surface area contributed by atoms with Crippen LogP contribution in [0.25, 0.3) is 0 Å². The molecule has 98 valence electrons. The molecule has 1 fully saturated rings. The number of halogens is 1. The van der Waals surface area contributed by atoms with E-state index in [4.69, 9.17) is 11.6 Å². The van der Waals surface area contributed by atoms with Gasteiger partial charge < -0.3 is 5.11 Å². The molecule has 0 aromatic heterocycles. The van der Waals surface area contributed by atoms with Crippen LogP contribution in [0.15, 0.2) is 12.1 Å². The first kappa shape index (κ1) is 13.4. The third kappa shape index (κ3) is 2.68. The number of hydrogen-bond acceptors (Lipinski definition) is 2. The number of carbonyl (C=O) groups is 1. The first-order chi connectivity index (χ1) is 8.49. The fourth-order valence-corrected chi connectivity index (χ4v) is 3.02. The number of nitrogens with zero attached hydrogens (tertiary/aromatic N) is 1. The van der Waals surface area contributed by atoms with Crippen LogP contribution in [-0.2, 0) is 11.3 Å². The van der Waals surface area contributed by atoms with Crippen molar-refractivity contribution in [3.63, 3.8) is 0 Å². The van der Waals surface area contributed by atoms with Crippen molar-refractivity contribution < 1.29 is 9.90 Å². The third-order valence-corrected chi connectivity index (χ3v) is 3.89. The summed E-state index contributed by atoms with van der Waals surface area (Å²) >= 11 is 6.01. The Kier molecular flexibility index (Phi) is 3.93. The Morgan fingerprint density at radius 3 is 2.61 bits per heavy atom. The van der Waals surface area contributed by atoms with Crippen LogP contribution in [0.1, 0.15) is 29.5 Å². The van der Waals surface area contributed by atoms with Crippen molar-refractivity contribution in [2.24, 2.45) is 0 Å².